The number of nitrogens with one attached hydrogen (secondary N) is 1. The van der Waals surface area contributed by atoms with Gasteiger partial charge in [0.05, 0.1) is 12.7 Å². The third-order valence-electron chi connectivity index (χ3n) is 3.44. The minimum absolute atomic E-state index is 0.0444. The van der Waals surface area contributed by atoms with E-state index in [0.717, 1.165) is 12.1 Å². The lowest BCUT2D eigenvalue weighted by Gasteiger charge is -2.24. The molecule has 1 rings (SSSR count). The number of nitrogens with zero attached hydrogens (tertiary/aromatic N) is 1. The van der Waals surface area contributed by atoms with E-state index in [1.807, 2.05) is 18.2 Å². The van der Waals surface area contributed by atoms with Crippen molar-refractivity contribution in [3.63, 3.8) is 0 Å². The molecule has 0 aliphatic carbocycles. The molecule has 0 aliphatic rings. The molecule has 0 aliphatic heterocycles. The van der Waals surface area contributed by atoms with Crippen LogP contribution >= 0.6 is 0 Å². The van der Waals surface area contributed by atoms with Gasteiger partial charge in [0.2, 0.25) is 0 Å². The standard InChI is InChI=1S/C15H25N3O/c1-5-6-11(2)18(3)10-12-7-8-14(19-4)13(9-12)15(16)17/h7-9,11H,5-6,10H2,1-4H3,(H3,16,17). The van der Waals surface area contributed by atoms with Gasteiger partial charge in [-0.3, -0.25) is 10.3 Å². The number of benzene rings is 1. The summed E-state index contributed by atoms with van der Waals surface area (Å²) in [5.74, 6) is 0.698. The van der Waals surface area contributed by atoms with Crippen LogP contribution in [0.15, 0.2) is 18.2 Å². The fraction of sp³-hybridized carbons (Fsp3) is 0.533. The largest absolute Gasteiger partial charge is 0.496 e. The first-order chi connectivity index (χ1) is 8.99. The fourth-order valence-corrected chi connectivity index (χ4v) is 2.15. The van der Waals surface area contributed by atoms with Crippen LogP contribution in [0.5, 0.6) is 5.75 Å². The highest BCUT2D eigenvalue weighted by atomic mass is 16.5. The normalized spacial score (nSPS) is 12.5. The van der Waals surface area contributed by atoms with E-state index in [9.17, 15) is 0 Å². The number of amidine groups is 1. The zero-order valence-electron chi connectivity index (χ0n) is 12.4. The highest BCUT2D eigenvalue weighted by molar-refractivity contribution is 5.97. The lowest BCUT2D eigenvalue weighted by molar-refractivity contribution is 0.237. The summed E-state index contributed by atoms with van der Waals surface area (Å²) in [6, 6.07) is 6.40. The van der Waals surface area contributed by atoms with Gasteiger partial charge in [0.1, 0.15) is 11.6 Å². The Labute approximate surface area is 116 Å². The average Bonchev–Trinajstić information content (AvgIpc) is 2.38. The molecule has 106 valence electrons. The van der Waals surface area contributed by atoms with Crippen molar-refractivity contribution in [2.75, 3.05) is 14.2 Å². The Bertz CT molecular complexity index is 431. The predicted octanol–water partition coefficient (Wildman–Crippen LogP) is 2.60. The van der Waals surface area contributed by atoms with E-state index in [1.165, 1.54) is 12.8 Å². The minimum Gasteiger partial charge on any atom is -0.496 e. The zero-order chi connectivity index (χ0) is 14.4. The average molecular weight is 263 g/mol. The van der Waals surface area contributed by atoms with Crippen LogP contribution in [0.4, 0.5) is 0 Å². The van der Waals surface area contributed by atoms with E-state index in [4.69, 9.17) is 15.9 Å². The van der Waals surface area contributed by atoms with Gasteiger partial charge in [0.25, 0.3) is 0 Å². The van der Waals surface area contributed by atoms with Crippen LogP contribution in [0, 0.1) is 5.41 Å². The molecule has 0 aromatic heterocycles. The summed E-state index contributed by atoms with van der Waals surface area (Å²) >= 11 is 0. The molecule has 0 heterocycles. The quantitative estimate of drug-likeness (QED) is 0.587. The number of nitrogens with two attached hydrogens (primary N) is 1. The second kappa shape index (κ2) is 7.14. The van der Waals surface area contributed by atoms with E-state index in [2.05, 4.69) is 25.8 Å². The monoisotopic (exact) mass is 263 g/mol. The number of ether oxygens (including phenoxy) is 1. The second-order valence-electron chi connectivity index (χ2n) is 5.00. The Balaban J connectivity index is 2.85. The van der Waals surface area contributed by atoms with Gasteiger partial charge in [-0.2, -0.15) is 0 Å². The predicted molar refractivity (Wildman–Crippen MR) is 79.8 cm³/mol. The first kappa shape index (κ1) is 15.5. The highest BCUT2D eigenvalue weighted by Gasteiger charge is 2.11. The van der Waals surface area contributed by atoms with Gasteiger partial charge in [0, 0.05) is 12.6 Å². The molecular formula is C15H25N3O. The molecule has 3 N–H and O–H groups in total. The van der Waals surface area contributed by atoms with Crippen LogP contribution in [0.3, 0.4) is 0 Å². The van der Waals surface area contributed by atoms with Crippen molar-refractivity contribution in [3.05, 3.63) is 29.3 Å². The minimum atomic E-state index is 0.0444. The number of hydrogen-bond acceptors (Lipinski definition) is 3. The van der Waals surface area contributed by atoms with Gasteiger partial charge < -0.3 is 10.5 Å². The van der Waals surface area contributed by atoms with Gasteiger partial charge in [-0.1, -0.05) is 19.4 Å². The summed E-state index contributed by atoms with van der Waals surface area (Å²) in [7, 11) is 3.72. The smallest absolute Gasteiger partial charge is 0.129 e. The number of rotatable bonds is 7. The van der Waals surface area contributed by atoms with E-state index in [-0.39, 0.29) is 5.84 Å². The number of nitrogen functional groups attached to an aromatic ring is 1. The third kappa shape index (κ3) is 4.24. The van der Waals surface area contributed by atoms with Crippen LogP contribution in [0.25, 0.3) is 0 Å². The number of methoxy groups -OCH3 is 1. The van der Waals surface area contributed by atoms with Gasteiger partial charge in [-0.05, 0) is 38.1 Å². The molecule has 4 heteroatoms. The summed E-state index contributed by atoms with van der Waals surface area (Å²) in [4.78, 5) is 2.31. The van der Waals surface area contributed by atoms with Gasteiger partial charge in [-0.25, -0.2) is 0 Å². The molecule has 1 aromatic carbocycles. The zero-order valence-corrected chi connectivity index (χ0v) is 12.4. The maximum absolute atomic E-state index is 7.59. The van der Waals surface area contributed by atoms with Crippen molar-refractivity contribution in [2.24, 2.45) is 5.73 Å². The summed E-state index contributed by atoms with van der Waals surface area (Å²) in [5, 5.41) is 7.59. The number of hydrogen-bond donors (Lipinski definition) is 2. The van der Waals surface area contributed by atoms with Crippen molar-refractivity contribution in [2.45, 2.75) is 39.3 Å². The molecule has 0 saturated carbocycles. The van der Waals surface area contributed by atoms with Crippen LogP contribution < -0.4 is 10.5 Å². The Hall–Kier alpha value is -1.55. The SMILES string of the molecule is CCCC(C)N(C)Cc1ccc(OC)c(C(=N)N)c1. The van der Waals surface area contributed by atoms with Crippen LogP contribution in [-0.4, -0.2) is 30.9 Å². The molecule has 1 unspecified atom stereocenters. The Morgan fingerprint density at radius 2 is 2.16 bits per heavy atom. The molecule has 0 bridgehead atoms. The van der Waals surface area contributed by atoms with Crippen molar-refractivity contribution in [1.29, 1.82) is 5.41 Å². The van der Waals surface area contributed by atoms with Crippen molar-refractivity contribution in [3.8, 4) is 5.75 Å². The summed E-state index contributed by atoms with van der Waals surface area (Å²) < 4.78 is 5.22. The van der Waals surface area contributed by atoms with Crippen molar-refractivity contribution >= 4 is 5.84 Å². The second-order valence-corrected chi connectivity index (χ2v) is 5.00. The van der Waals surface area contributed by atoms with Gasteiger partial charge in [0.15, 0.2) is 0 Å². The topological polar surface area (TPSA) is 62.3 Å². The van der Waals surface area contributed by atoms with Crippen LogP contribution in [0.1, 0.15) is 37.8 Å². The summed E-state index contributed by atoms with van der Waals surface area (Å²) in [6.45, 7) is 5.29. The molecule has 19 heavy (non-hydrogen) atoms. The molecular weight excluding hydrogens is 238 g/mol. The molecule has 0 radical (unpaired) electrons. The summed E-state index contributed by atoms with van der Waals surface area (Å²) in [5.41, 5.74) is 7.40. The molecule has 0 amide bonds. The molecule has 1 aromatic rings. The lowest BCUT2D eigenvalue weighted by atomic mass is 10.1. The Kier molecular flexibility index (Phi) is 5.83. The van der Waals surface area contributed by atoms with Crippen LogP contribution in [0.2, 0.25) is 0 Å². The first-order valence-electron chi connectivity index (χ1n) is 6.71. The van der Waals surface area contributed by atoms with Crippen molar-refractivity contribution < 1.29 is 4.74 Å². The van der Waals surface area contributed by atoms with Gasteiger partial charge >= 0.3 is 0 Å². The first-order valence-corrected chi connectivity index (χ1v) is 6.71. The molecule has 4 nitrogen and oxygen atoms in total. The Morgan fingerprint density at radius 1 is 1.47 bits per heavy atom. The van der Waals surface area contributed by atoms with Crippen LogP contribution in [-0.2, 0) is 6.54 Å². The van der Waals surface area contributed by atoms with Crippen molar-refractivity contribution in [1.82, 2.24) is 4.90 Å². The van der Waals surface area contributed by atoms with E-state index in [1.54, 1.807) is 7.11 Å². The molecule has 0 fully saturated rings. The van der Waals surface area contributed by atoms with E-state index >= 15 is 0 Å². The third-order valence-corrected chi connectivity index (χ3v) is 3.44. The maximum atomic E-state index is 7.59. The summed E-state index contributed by atoms with van der Waals surface area (Å²) in [6.07, 6.45) is 2.37. The molecule has 0 spiro atoms. The molecule has 0 saturated heterocycles. The van der Waals surface area contributed by atoms with E-state index in [0.29, 0.717) is 17.4 Å². The fourth-order valence-electron chi connectivity index (χ4n) is 2.15. The molecule has 1 atom stereocenters. The maximum Gasteiger partial charge on any atom is 0.129 e. The van der Waals surface area contributed by atoms with Gasteiger partial charge in [-0.15, -0.1) is 0 Å². The van der Waals surface area contributed by atoms with E-state index < -0.39 is 0 Å². The highest BCUT2D eigenvalue weighted by Crippen LogP contribution is 2.20. The Morgan fingerprint density at radius 3 is 2.68 bits per heavy atom. The lowest BCUT2D eigenvalue weighted by Crippen LogP contribution is -2.28.